The zero-order valence-corrected chi connectivity index (χ0v) is 10.1. The average molecular weight is 233 g/mol. The lowest BCUT2D eigenvalue weighted by Gasteiger charge is -2.10. The standard InChI is InChI=1S/C12H15N3O2/c1-7(2)4-10-8(3)5-13-11-9(12(16)17)6-14-15(10)11/h5-7H,4H2,1-3H3,(H,16,17). The summed E-state index contributed by atoms with van der Waals surface area (Å²) in [5, 5.41) is 13.1. The first kappa shape index (κ1) is 11.6. The number of carboxylic acids is 1. The molecule has 2 rings (SSSR count). The van der Waals surface area contributed by atoms with Gasteiger partial charge in [0, 0.05) is 11.9 Å². The number of hydrogen-bond donors (Lipinski definition) is 1. The van der Waals surface area contributed by atoms with Crippen molar-refractivity contribution in [3.8, 4) is 0 Å². The van der Waals surface area contributed by atoms with E-state index in [4.69, 9.17) is 5.11 Å². The second kappa shape index (κ2) is 4.16. The van der Waals surface area contributed by atoms with Crippen LogP contribution in [0.3, 0.4) is 0 Å². The van der Waals surface area contributed by atoms with Gasteiger partial charge in [-0.1, -0.05) is 13.8 Å². The molecule has 2 aromatic rings. The molecule has 17 heavy (non-hydrogen) atoms. The Morgan fingerprint density at radius 1 is 1.47 bits per heavy atom. The summed E-state index contributed by atoms with van der Waals surface area (Å²) >= 11 is 0. The summed E-state index contributed by atoms with van der Waals surface area (Å²) in [7, 11) is 0. The van der Waals surface area contributed by atoms with E-state index < -0.39 is 5.97 Å². The lowest BCUT2D eigenvalue weighted by atomic mass is 10.1. The number of carbonyl (C=O) groups is 1. The molecule has 0 aliphatic rings. The molecule has 2 heterocycles. The van der Waals surface area contributed by atoms with Crippen molar-refractivity contribution in [2.24, 2.45) is 5.92 Å². The normalized spacial score (nSPS) is 11.3. The fraction of sp³-hybridized carbons (Fsp3) is 0.417. The van der Waals surface area contributed by atoms with Crippen molar-refractivity contribution in [3.05, 3.63) is 29.2 Å². The molecule has 0 radical (unpaired) electrons. The summed E-state index contributed by atoms with van der Waals surface area (Å²) in [5.74, 6) is -0.511. The van der Waals surface area contributed by atoms with E-state index in [1.165, 1.54) is 6.20 Å². The Labute approximate surface area is 99.1 Å². The van der Waals surface area contributed by atoms with Crippen LogP contribution in [-0.2, 0) is 6.42 Å². The van der Waals surface area contributed by atoms with Crippen LogP contribution in [0, 0.1) is 12.8 Å². The minimum absolute atomic E-state index is 0.148. The molecule has 5 nitrogen and oxygen atoms in total. The van der Waals surface area contributed by atoms with Crippen molar-refractivity contribution in [2.75, 3.05) is 0 Å². The number of fused-ring (bicyclic) bond motifs is 1. The van der Waals surface area contributed by atoms with E-state index >= 15 is 0 Å². The Morgan fingerprint density at radius 2 is 2.18 bits per heavy atom. The highest BCUT2D eigenvalue weighted by molar-refractivity contribution is 5.94. The molecule has 1 N–H and O–H groups in total. The van der Waals surface area contributed by atoms with Crippen LogP contribution < -0.4 is 0 Å². The molecule has 0 bridgehead atoms. The van der Waals surface area contributed by atoms with Crippen molar-refractivity contribution in [1.29, 1.82) is 0 Å². The van der Waals surface area contributed by atoms with E-state index in [0.717, 1.165) is 17.7 Å². The molecule has 0 saturated carbocycles. The lowest BCUT2D eigenvalue weighted by Crippen LogP contribution is -2.08. The van der Waals surface area contributed by atoms with Gasteiger partial charge < -0.3 is 5.11 Å². The minimum Gasteiger partial charge on any atom is -0.477 e. The first-order valence-electron chi connectivity index (χ1n) is 5.56. The molecular weight excluding hydrogens is 218 g/mol. The van der Waals surface area contributed by atoms with Crippen LogP contribution in [-0.4, -0.2) is 25.7 Å². The van der Waals surface area contributed by atoms with Gasteiger partial charge >= 0.3 is 5.97 Å². The molecule has 0 aliphatic heterocycles. The summed E-state index contributed by atoms with van der Waals surface area (Å²) in [6.07, 6.45) is 3.92. The van der Waals surface area contributed by atoms with Gasteiger partial charge in [0.25, 0.3) is 0 Å². The second-order valence-electron chi connectivity index (χ2n) is 4.58. The zero-order chi connectivity index (χ0) is 12.6. The van der Waals surface area contributed by atoms with E-state index in [-0.39, 0.29) is 5.56 Å². The van der Waals surface area contributed by atoms with Crippen LogP contribution in [0.25, 0.3) is 5.65 Å². The smallest absolute Gasteiger partial charge is 0.341 e. The van der Waals surface area contributed by atoms with Crippen LogP contribution in [0.5, 0.6) is 0 Å². The zero-order valence-electron chi connectivity index (χ0n) is 10.1. The fourth-order valence-corrected chi connectivity index (χ4v) is 1.85. The summed E-state index contributed by atoms with van der Waals surface area (Å²) < 4.78 is 1.64. The minimum atomic E-state index is -0.994. The van der Waals surface area contributed by atoms with Gasteiger partial charge in [-0.25, -0.2) is 14.3 Å². The van der Waals surface area contributed by atoms with Gasteiger partial charge in [0.15, 0.2) is 5.65 Å². The third kappa shape index (κ3) is 2.00. The van der Waals surface area contributed by atoms with E-state index in [1.54, 1.807) is 10.7 Å². The largest absolute Gasteiger partial charge is 0.477 e. The molecule has 0 aliphatic carbocycles. The summed E-state index contributed by atoms with van der Waals surface area (Å²) in [6.45, 7) is 6.20. The van der Waals surface area contributed by atoms with Gasteiger partial charge in [-0.2, -0.15) is 5.10 Å². The molecule has 0 atom stereocenters. The van der Waals surface area contributed by atoms with Gasteiger partial charge in [0.2, 0.25) is 0 Å². The van der Waals surface area contributed by atoms with Gasteiger partial charge in [-0.3, -0.25) is 0 Å². The molecule has 0 spiro atoms. The van der Waals surface area contributed by atoms with Gasteiger partial charge in [-0.05, 0) is 24.8 Å². The topological polar surface area (TPSA) is 67.5 Å². The molecule has 0 amide bonds. The highest BCUT2D eigenvalue weighted by Gasteiger charge is 2.16. The third-order valence-electron chi connectivity index (χ3n) is 2.67. The van der Waals surface area contributed by atoms with Gasteiger partial charge in [0.05, 0.1) is 6.20 Å². The Kier molecular flexibility index (Phi) is 2.83. The maximum Gasteiger partial charge on any atom is 0.341 e. The van der Waals surface area contributed by atoms with Crippen molar-refractivity contribution in [3.63, 3.8) is 0 Å². The Morgan fingerprint density at radius 3 is 2.76 bits per heavy atom. The highest BCUT2D eigenvalue weighted by atomic mass is 16.4. The number of aryl methyl sites for hydroxylation is 1. The molecule has 0 unspecified atom stereocenters. The number of rotatable bonds is 3. The predicted octanol–water partition coefficient (Wildman–Crippen LogP) is 1.93. The first-order valence-corrected chi connectivity index (χ1v) is 5.56. The van der Waals surface area contributed by atoms with E-state index in [1.807, 2.05) is 6.92 Å². The quantitative estimate of drug-likeness (QED) is 0.879. The number of aromatic nitrogens is 3. The molecule has 0 fully saturated rings. The molecule has 0 saturated heterocycles. The number of hydrogen-bond acceptors (Lipinski definition) is 3. The van der Waals surface area contributed by atoms with Crippen LogP contribution in [0.4, 0.5) is 0 Å². The molecule has 90 valence electrons. The number of nitrogens with zero attached hydrogens (tertiary/aromatic N) is 3. The van der Waals surface area contributed by atoms with Gasteiger partial charge in [0.1, 0.15) is 5.56 Å². The third-order valence-corrected chi connectivity index (χ3v) is 2.67. The van der Waals surface area contributed by atoms with E-state index in [0.29, 0.717) is 11.6 Å². The first-order chi connectivity index (χ1) is 8.00. The van der Waals surface area contributed by atoms with Gasteiger partial charge in [-0.15, -0.1) is 0 Å². The molecule has 2 aromatic heterocycles. The fourth-order valence-electron chi connectivity index (χ4n) is 1.85. The molecule has 0 aromatic carbocycles. The van der Waals surface area contributed by atoms with E-state index in [2.05, 4.69) is 23.9 Å². The van der Waals surface area contributed by atoms with Crippen molar-refractivity contribution in [2.45, 2.75) is 27.2 Å². The van der Waals surface area contributed by atoms with Crippen LogP contribution >= 0.6 is 0 Å². The maximum atomic E-state index is 11.0. The number of carboxylic acid groups (broad SMARTS) is 1. The Balaban J connectivity index is 2.66. The summed E-state index contributed by atoms with van der Waals surface area (Å²) in [5.41, 5.74) is 2.62. The Bertz CT molecular complexity index is 572. The lowest BCUT2D eigenvalue weighted by molar-refractivity contribution is 0.0699. The highest BCUT2D eigenvalue weighted by Crippen LogP contribution is 2.16. The maximum absolute atomic E-state index is 11.0. The monoisotopic (exact) mass is 233 g/mol. The summed E-state index contributed by atoms with van der Waals surface area (Å²) in [4.78, 5) is 15.2. The van der Waals surface area contributed by atoms with Crippen LogP contribution in [0.2, 0.25) is 0 Å². The molecular formula is C12H15N3O2. The van der Waals surface area contributed by atoms with Crippen molar-refractivity contribution >= 4 is 11.6 Å². The second-order valence-corrected chi connectivity index (χ2v) is 4.58. The van der Waals surface area contributed by atoms with Crippen LogP contribution in [0.1, 0.15) is 35.5 Å². The average Bonchev–Trinajstić information content (AvgIpc) is 2.65. The number of aromatic carboxylic acids is 1. The SMILES string of the molecule is Cc1cnc2c(C(=O)O)cnn2c1CC(C)C. The van der Waals surface area contributed by atoms with Crippen LogP contribution in [0.15, 0.2) is 12.4 Å². The van der Waals surface area contributed by atoms with Crippen molar-refractivity contribution < 1.29 is 9.90 Å². The van der Waals surface area contributed by atoms with Crippen molar-refractivity contribution in [1.82, 2.24) is 14.6 Å². The Hall–Kier alpha value is -1.91. The summed E-state index contributed by atoms with van der Waals surface area (Å²) in [6, 6.07) is 0. The predicted molar refractivity (Wildman–Crippen MR) is 63.2 cm³/mol. The van der Waals surface area contributed by atoms with E-state index in [9.17, 15) is 4.79 Å². The molecule has 5 heteroatoms.